The van der Waals surface area contributed by atoms with Gasteiger partial charge in [-0.3, -0.25) is 14.5 Å². The Morgan fingerprint density at radius 3 is 2.54 bits per heavy atom. The van der Waals surface area contributed by atoms with Gasteiger partial charge >= 0.3 is 5.97 Å². The second-order valence-electron chi connectivity index (χ2n) is 6.52. The van der Waals surface area contributed by atoms with E-state index in [-0.39, 0.29) is 18.3 Å². The Balaban J connectivity index is 0.00000208. The van der Waals surface area contributed by atoms with Gasteiger partial charge in [-0.2, -0.15) is 0 Å². The van der Waals surface area contributed by atoms with Crippen molar-refractivity contribution in [2.24, 2.45) is 0 Å². The summed E-state index contributed by atoms with van der Waals surface area (Å²) in [6, 6.07) is 7.27. The quantitative estimate of drug-likeness (QED) is 0.905. The fourth-order valence-electron chi connectivity index (χ4n) is 3.61. The molecule has 2 saturated heterocycles. The maximum atomic E-state index is 12.6. The van der Waals surface area contributed by atoms with Crippen LogP contribution in [0.5, 0.6) is 0 Å². The first kappa shape index (κ1) is 18.7. The predicted molar refractivity (Wildman–Crippen MR) is 94.5 cm³/mol. The summed E-state index contributed by atoms with van der Waals surface area (Å²) in [4.78, 5) is 27.8. The van der Waals surface area contributed by atoms with Crippen molar-refractivity contribution < 1.29 is 14.7 Å². The van der Waals surface area contributed by atoms with E-state index in [9.17, 15) is 14.7 Å². The third-order valence-electron chi connectivity index (χ3n) is 4.85. The number of hydrogen-bond donors (Lipinski definition) is 1. The molecule has 1 aromatic carbocycles. The van der Waals surface area contributed by atoms with Crippen LogP contribution in [0.25, 0.3) is 0 Å². The molecule has 2 heterocycles. The number of amides is 1. The molecule has 0 aromatic heterocycles. The van der Waals surface area contributed by atoms with Crippen LogP contribution in [0.2, 0.25) is 0 Å². The van der Waals surface area contributed by atoms with Crippen molar-refractivity contribution >= 4 is 24.3 Å². The number of carboxylic acid groups (broad SMARTS) is 1. The van der Waals surface area contributed by atoms with E-state index < -0.39 is 12.0 Å². The van der Waals surface area contributed by atoms with Crippen LogP contribution in [0.3, 0.4) is 0 Å². The minimum atomic E-state index is -0.747. The van der Waals surface area contributed by atoms with E-state index in [1.807, 2.05) is 34.1 Å². The van der Waals surface area contributed by atoms with E-state index in [1.165, 1.54) is 6.42 Å². The standard InChI is InChI=1S/C18H24N2O3.ClH/c21-17(19-9-2-1-3-10-19)15-7-4-6-14(12-15)13-20-11-5-8-16(20)18(22)23;/h4,6-7,12,16H,1-3,5,8-11,13H2,(H,22,23);1H. The minimum absolute atomic E-state index is 0. The van der Waals surface area contributed by atoms with E-state index in [1.54, 1.807) is 0 Å². The third kappa shape index (κ3) is 4.28. The predicted octanol–water partition coefficient (Wildman–Crippen LogP) is 2.78. The Labute approximate surface area is 149 Å². The summed E-state index contributed by atoms with van der Waals surface area (Å²) in [6.07, 6.45) is 5.00. The molecule has 132 valence electrons. The molecule has 0 aliphatic carbocycles. The van der Waals surface area contributed by atoms with Gasteiger partial charge in [0.05, 0.1) is 0 Å². The fraction of sp³-hybridized carbons (Fsp3) is 0.556. The molecule has 5 nitrogen and oxygen atoms in total. The van der Waals surface area contributed by atoms with E-state index in [0.717, 1.165) is 50.0 Å². The Morgan fingerprint density at radius 1 is 1.08 bits per heavy atom. The number of carboxylic acids is 1. The van der Waals surface area contributed by atoms with Gasteiger partial charge in [-0.15, -0.1) is 12.4 Å². The second kappa shape index (κ2) is 8.49. The van der Waals surface area contributed by atoms with Crippen LogP contribution < -0.4 is 0 Å². The molecule has 1 N–H and O–H groups in total. The lowest BCUT2D eigenvalue weighted by Gasteiger charge is -2.27. The number of nitrogens with zero attached hydrogens (tertiary/aromatic N) is 2. The highest BCUT2D eigenvalue weighted by Gasteiger charge is 2.30. The van der Waals surface area contributed by atoms with Gasteiger partial charge < -0.3 is 10.0 Å². The molecule has 1 aromatic rings. The van der Waals surface area contributed by atoms with Crippen LogP contribution in [-0.2, 0) is 11.3 Å². The van der Waals surface area contributed by atoms with Gasteiger partial charge in [0.2, 0.25) is 0 Å². The molecule has 1 atom stereocenters. The van der Waals surface area contributed by atoms with E-state index in [4.69, 9.17) is 0 Å². The smallest absolute Gasteiger partial charge is 0.320 e. The molecule has 0 radical (unpaired) electrons. The average Bonchev–Trinajstić information content (AvgIpc) is 3.03. The number of carbonyl (C=O) groups is 2. The highest BCUT2D eigenvalue weighted by Crippen LogP contribution is 2.21. The van der Waals surface area contributed by atoms with E-state index in [0.29, 0.717) is 13.0 Å². The van der Waals surface area contributed by atoms with Crippen molar-refractivity contribution in [3.63, 3.8) is 0 Å². The second-order valence-corrected chi connectivity index (χ2v) is 6.52. The van der Waals surface area contributed by atoms with Crippen molar-refractivity contribution in [2.45, 2.75) is 44.7 Å². The number of rotatable bonds is 4. The zero-order valence-corrected chi connectivity index (χ0v) is 14.6. The number of aliphatic carboxylic acids is 1. The molecule has 3 rings (SSSR count). The summed E-state index contributed by atoms with van der Waals surface area (Å²) in [5.74, 6) is -0.647. The summed E-state index contributed by atoms with van der Waals surface area (Å²) >= 11 is 0. The summed E-state index contributed by atoms with van der Waals surface area (Å²) in [5, 5.41) is 9.27. The van der Waals surface area contributed by atoms with Crippen LogP contribution in [0, 0.1) is 0 Å². The third-order valence-corrected chi connectivity index (χ3v) is 4.85. The van der Waals surface area contributed by atoms with Gasteiger partial charge in [-0.05, 0) is 56.3 Å². The molecular formula is C18H25ClN2O3. The molecule has 2 fully saturated rings. The summed E-state index contributed by atoms with van der Waals surface area (Å²) in [6.45, 7) is 3.09. The van der Waals surface area contributed by atoms with Gasteiger partial charge in [0.15, 0.2) is 0 Å². The lowest BCUT2D eigenvalue weighted by molar-refractivity contribution is -0.142. The minimum Gasteiger partial charge on any atom is -0.480 e. The lowest BCUT2D eigenvalue weighted by atomic mass is 10.1. The summed E-state index contributed by atoms with van der Waals surface area (Å²) < 4.78 is 0. The van der Waals surface area contributed by atoms with Crippen LogP contribution in [0.15, 0.2) is 24.3 Å². The van der Waals surface area contributed by atoms with Crippen LogP contribution in [-0.4, -0.2) is 52.5 Å². The van der Waals surface area contributed by atoms with Gasteiger partial charge in [0.1, 0.15) is 6.04 Å². The van der Waals surface area contributed by atoms with Crippen LogP contribution >= 0.6 is 12.4 Å². The van der Waals surface area contributed by atoms with Gasteiger partial charge in [-0.25, -0.2) is 0 Å². The Bertz CT molecular complexity index is 587. The number of benzene rings is 1. The number of carbonyl (C=O) groups excluding carboxylic acids is 1. The average molecular weight is 353 g/mol. The summed E-state index contributed by atoms with van der Waals surface area (Å²) in [7, 11) is 0. The Morgan fingerprint density at radius 2 is 1.83 bits per heavy atom. The molecule has 1 unspecified atom stereocenters. The number of piperidine rings is 1. The van der Waals surface area contributed by atoms with Gasteiger partial charge in [-0.1, -0.05) is 12.1 Å². The van der Waals surface area contributed by atoms with E-state index >= 15 is 0 Å². The maximum Gasteiger partial charge on any atom is 0.320 e. The Kier molecular flexibility index (Phi) is 6.63. The summed E-state index contributed by atoms with van der Waals surface area (Å²) in [5.41, 5.74) is 1.73. The van der Waals surface area contributed by atoms with E-state index in [2.05, 4.69) is 0 Å². The molecular weight excluding hydrogens is 328 g/mol. The topological polar surface area (TPSA) is 60.9 Å². The SMILES string of the molecule is Cl.O=C(O)C1CCCN1Cc1cccc(C(=O)N2CCCCC2)c1. The van der Waals surface area contributed by atoms with Gasteiger partial charge in [0, 0.05) is 25.2 Å². The highest BCUT2D eigenvalue weighted by atomic mass is 35.5. The van der Waals surface area contributed by atoms with Crippen molar-refractivity contribution in [3.8, 4) is 0 Å². The van der Waals surface area contributed by atoms with Crippen LogP contribution in [0.1, 0.15) is 48.0 Å². The van der Waals surface area contributed by atoms with Crippen molar-refractivity contribution in [3.05, 3.63) is 35.4 Å². The molecule has 0 bridgehead atoms. The molecule has 1 amide bonds. The maximum absolute atomic E-state index is 12.6. The van der Waals surface area contributed by atoms with Crippen molar-refractivity contribution in [1.29, 1.82) is 0 Å². The van der Waals surface area contributed by atoms with Crippen LogP contribution in [0.4, 0.5) is 0 Å². The van der Waals surface area contributed by atoms with Gasteiger partial charge in [0.25, 0.3) is 5.91 Å². The van der Waals surface area contributed by atoms with Crippen molar-refractivity contribution in [2.75, 3.05) is 19.6 Å². The molecule has 24 heavy (non-hydrogen) atoms. The first-order valence-corrected chi connectivity index (χ1v) is 8.50. The zero-order valence-electron chi connectivity index (χ0n) is 13.8. The van der Waals surface area contributed by atoms with Crippen molar-refractivity contribution in [1.82, 2.24) is 9.80 Å². The normalized spacial score (nSPS) is 21.3. The first-order chi connectivity index (χ1) is 11.1. The zero-order chi connectivity index (χ0) is 16.2. The number of likely N-dealkylation sites (tertiary alicyclic amines) is 2. The fourth-order valence-corrected chi connectivity index (χ4v) is 3.61. The largest absolute Gasteiger partial charge is 0.480 e. The molecule has 6 heteroatoms. The first-order valence-electron chi connectivity index (χ1n) is 8.50. The monoisotopic (exact) mass is 352 g/mol. The molecule has 2 aliphatic heterocycles. The Hall–Kier alpha value is -1.59. The lowest BCUT2D eigenvalue weighted by Crippen LogP contribution is -2.36. The molecule has 2 aliphatic rings. The number of hydrogen-bond acceptors (Lipinski definition) is 3. The number of halogens is 1. The highest BCUT2D eigenvalue weighted by molar-refractivity contribution is 5.94. The molecule has 0 saturated carbocycles. The molecule has 0 spiro atoms.